The highest BCUT2D eigenvalue weighted by Crippen LogP contribution is 2.64. The van der Waals surface area contributed by atoms with E-state index in [1.54, 1.807) is 22.3 Å². The fourth-order valence-electron chi connectivity index (χ4n) is 9.64. The first-order valence-electron chi connectivity index (χ1n) is 15.7. The molecule has 6 aliphatic carbocycles. The van der Waals surface area contributed by atoms with Gasteiger partial charge in [-0.25, -0.2) is 0 Å². The first-order valence-corrected chi connectivity index (χ1v) is 15.7. The van der Waals surface area contributed by atoms with Gasteiger partial charge in [0.15, 0.2) is 0 Å². The Morgan fingerprint density at radius 2 is 0.833 bits per heavy atom. The molecule has 0 aromatic heterocycles. The summed E-state index contributed by atoms with van der Waals surface area (Å²) in [5.74, 6) is 4.67. The Kier molecular flexibility index (Phi) is 5.77. The van der Waals surface area contributed by atoms with Gasteiger partial charge in [-0.15, -0.1) is 0 Å². The van der Waals surface area contributed by atoms with Crippen molar-refractivity contribution >= 4 is 0 Å². The number of fused-ring (bicyclic) bond motifs is 5. The lowest BCUT2D eigenvalue weighted by molar-refractivity contribution is 0.242. The van der Waals surface area contributed by atoms with Gasteiger partial charge in [-0.1, -0.05) is 112 Å². The molecule has 0 bridgehead atoms. The molecule has 4 fully saturated rings. The van der Waals surface area contributed by atoms with Gasteiger partial charge >= 0.3 is 0 Å². The summed E-state index contributed by atoms with van der Waals surface area (Å²) in [5, 5.41) is 0. The van der Waals surface area contributed by atoms with Crippen molar-refractivity contribution in [3.8, 4) is 0 Å². The first-order chi connectivity index (χ1) is 16.8. The molecule has 0 aliphatic heterocycles. The molecule has 4 unspecified atom stereocenters. The maximum atomic E-state index is 2.87. The summed E-state index contributed by atoms with van der Waals surface area (Å²) in [6.07, 6.45) is 25.6. The van der Waals surface area contributed by atoms with E-state index in [0.717, 1.165) is 23.7 Å². The van der Waals surface area contributed by atoms with E-state index in [4.69, 9.17) is 0 Å². The molecule has 0 radical (unpaired) electrons. The van der Waals surface area contributed by atoms with Gasteiger partial charge in [0.25, 0.3) is 0 Å². The van der Waals surface area contributed by atoms with Crippen molar-refractivity contribution in [2.45, 2.75) is 120 Å². The van der Waals surface area contributed by atoms with Gasteiger partial charge in [-0.05, 0) is 112 Å². The predicted molar refractivity (Wildman–Crippen MR) is 155 cm³/mol. The third-order valence-corrected chi connectivity index (χ3v) is 12.4. The summed E-state index contributed by atoms with van der Waals surface area (Å²) in [5.41, 5.74) is 8.16. The largest absolute Gasteiger partial charge is 0.0765 e. The Morgan fingerprint density at radius 1 is 0.500 bits per heavy atom. The van der Waals surface area contributed by atoms with Crippen LogP contribution in [0.15, 0.2) is 46.6 Å². The zero-order chi connectivity index (χ0) is 25.7. The Labute approximate surface area is 223 Å². The zero-order valence-corrected chi connectivity index (χ0v) is 24.8. The van der Waals surface area contributed by atoms with Crippen molar-refractivity contribution in [1.82, 2.24) is 0 Å². The quantitative estimate of drug-likeness (QED) is 0.372. The second-order valence-corrected chi connectivity index (χ2v) is 16.6. The highest BCUT2D eigenvalue weighted by Gasteiger charge is 2.54. The molecule has 0 spiro atoms. The van der Waals surface area contributed by atoms with E-state index in [-0.39, 0.29) is 0 Å². The first kappa shape index (κ1) is 25.2. The Hall–Kier alpha value is -1.04. The van der Waals surface area contributed by atoms with E-state index >= 15 is 0 Å². The average Bonchev–Trinajstić information content (AvgIpc) is 3.43. The third kappa shape index (κ3) is 3.90. The monoisotopic (exact) mass is 486 g/mol. The van der Waals surface area contributed by atoms with Crippen LogP contribution in [-0.2, 0) is 0 Å². The van der Waals surface area contributed by atoms with Crippen molar-refractivity contribution in [3.63, 3.8) is 0 Å². The SMILES string of the molecule is CC1(C)CCC(C)(C)C2=CC3C(C=C21)C1C=C2C(=CC1C3CCC1CCCC1)C(C)(C)CCC2(C)C. The number of rotatable bonds is 3. The Balaban J connectivity index is 1.44. The standard InChI is InChI=1S/C36H54/c1-33(2)15-17-35(5,6)31-21-27-25(19-29(31)33)24(14-13-23-11-9-10-12-23)26-20-30-32(22-28(26)27)36(7,8)18-16-34(30,3)4/h19-28H,9-18H2,1-8H3. The highest BCUT2D eigenvalue weighted by molar-refractivity contribution is 5.51. The molecule has 4 saturated carbocycles. The van der Waals surface area contributed by atoms with Crippen molar-refractivity contribution in [2.24, 2.45) is 57.2 Å². The van der Waals surface area contributed by atoms with E-state index in [1.807, 2.05) is 0 Å². The molecule has 6 rings (SSSR count). The van der Waals surface area contributed by atoms with Crippen LogP contribution in [0.2, 0.25) is 0 Å². The summed E-state index contributed by atoms with van der Waals surface area (Å²) in [7, 11) is 0. The van der Waals surface area contributed by atoms with Crippen LogP contribution in [0.3, 0.4) is 0 Å². The molecule has 36 heavy (non-hydrogen) atoms. The summed E-state index contributed by atoms with van der Waals surface area (Å²) in [6.45, 7) is 20.2. The maximum Gasteiger partial charge on any atom is -0.00924 e. The van der Waals surface area contributed by atoms with Gasteiger partial charge in [0, 0.05) is 0 Å². The summed E-state index contributed by atoms with van der Waals surface area (Å²) >= 11 is 0. The van der Waals surface area contributed by atoms with Crippen LogP contribution in [0, 0.1) is 57.2 Å². The molecule has 6 aliphatic rings. The predicted octanol–water partition coefficient (Wildman–Crippen LogP) is 10.5. The van der Waals surface area contributed by atoms with Gasteiger partial charge in [0.1, 0.15) is 0 Å². The lowest BCUT2D eigenvalue weighted by atomic mass is 9.56. The number of allylic oxidation sites excluding steroid dienone is 8. The second kappa shape index (κ2) is 8.23. The van der Waals surface area contributed by atoms with Crippen molar-refractivity contribution in [3.05, 3.63) is 46.6 Å². The van der Waals surface area contributed by atoms with Gasteiger partial charge in [0.2, 0.25) is 0 Å². The van der Waals surface area contributed by atoms with Crippen LogP contribution in [0.25, 0.3) is 0 Å². The maximum absolute atomic E-state index is 2.87. The number of hydrogen-bond acceptors (Lipinski definition) is 0. The molecule has 4 atom stereocenters. The minimum atomic E-state index is 0.318. The van der Waals surface area contributed by atoms with Crippen molar-refractivity contribution in [1.29, 1.82) is 0 Å². The lowest BCUT2D eigenvalue weighted by Crippen LogP contribution is -2.36. The molecule has 0 amide bonds. The minimum Gasteiger partial charge on any atom is -0.0765 e. The van der Waals surface area contributed by atoms with Crippen LogP contribution >= 0.6 is 0 Å². The molecule has 0 N–H and O–H groups in total. The summed E-state index contributed by atoms with van der Waals surface area (Å²) in [6, 6.07) is 0. The molecule has 0 heteroatoms. The van der Waals surface area contributed by atoms with E-state index in [0.29, 0.717) is 33.5 Å². The Bertz CT molecular complexity index is 954. The summed E-state index contributed by atoms with van der Waals surface area (Å²) < 4.78 is 0. The van der Waals surface area contributed by atoms with Crippen LogP contribution in [0.4, 0.5) is 0 Å². The van der Waals surface area contributed by atoms with E-state index in [9.17, 15) is 0 Å². The van der Waals surface area contributed by atoms with Crippen molar-refractivity contribution < 1.29 is 0 Å². The van der Waals surface area contributed by atoms with Crippen LogP contribution in [0.5, 0.6) is 0 Å². The fourth-order valence-corrected chi connectivity index (χ4v) is 9.64. The minimum absolute atomic E-state index is 0.318. The number of hydrogen-bond donors (Lipinski definition) is 0. The van der Waals surface area contributed by atoms with E-state index in [2.05, 4.69) is 79.7 Å². The zero-order valence-electron chi connectivity index (χ0n) is 24.8. The Morgan fingerprint density at radius 3 is 1.19 bits per heavy atom. The van der Waals surface area contributed by atoms with Gasteiger partial charge in [0.05, 0.1) is 0 Å². The summed E-state index contributed by atoms with van der Waals surface area (Å²) in [4.78, 5) is 0. The second-order valence-electron chi connectivity index (χ2n) is 16.6. The van der Waals surface area contributed by atoms with Gasteiger partial charge in [-0.2, -0.15) is 0 Å². The van der Waals surface area contributed by atoms with Crippen LogP contribution in [-0.4, -0.2) is 0 Å². The van der Waals surface area contributed by atoms with E-state index < -0.39 is 0 Å². The molecule has 198 valence electrons. The molecular formula is C36H54. The fraction of sp³-hybridized carbons (Fsp3) is 0.778. The topological polar surface area (TPSA) is 0 Å². The smallest absolute Gasteiger partial charge is 0.00924 e. The molecule has 0 heterocycles. The van der Waals surface area contributed by atoms with Gasteiger partial charge in [-0.3, -0.25) is 0 Å². The van der Waals surface area contributed by atoms with Crippen LogP contribution < -0.4 is 0 Å². The molecular weight excluding hydrogens is 432 g/mol. The third-order valence-electron chi connectivity index (χ3n) is 12.4. The normalized spacial score (nSPS) is 39.6. The lowest BCUT2D eigenvalue weighted by Gasteiger charge is -2.48. The van der Waals surface area contributed by atoms with Crippen molar-refractivity contribution in [2.75, 3.05) is 0 Å². The molecule has 0 aromatic carbocycles. The molecule has 0 saturated heterocycles. The molecule has 0 nitrogen and oxygen atoms in total. The van der Waals surface area contributed by atoms with E-state index in [1.165, 1.54) is 64.2 Å². The molecule has 0 aromatic rings. The van der Waals surface area contributed by atoms with Crippen LogP contribution in [0.1, 0.15) is 120 Å². The highest BCUT2D eigenvalue weighted by atomic mass is 14.6. The average molecular weight is 487 g/mol. The van der Waals surface area contributed by atoms with Gasteiger partial charge < -0.3 is 0 Å².